The van der Waals surface area contributed by atoms with Crippen LogP contribution in [0.3, 0.4) is 0 Å². The second-order valence-electron chi connectivity index (χ2n) is 3.14. The Bertz CT molecular complexity index is 571. The molecule has 1 aromatic heterocycles. The number of furan rings is 1. The quantitative estimate of drug-likeness (QED) is 0.805. The van der Waals surface area contributed by atoms with Crippen LogP contribution in [0.1, 0.15) is 10.6 Å². The monoisotopic (exact) mass is 219 g/mol. The Morgan fingerprint density at radius 1 is 1.50 bits per heavy atom. The Morgan fingerprint density at radius 3 is 2.81 bits per heavy atom. The van der Waals surface area contributed by atoms with Crippen LogP contribution in [0.5, 0.6) is 5.75 Å². The van der Waals surface area contributed by atoms with Crippen molar-refractivity contribution < 1.29 is 19.1 Å². The van der Waals surface area contributed by atoms with Gasteiger partial charge in [-0.15, -0.1) is 0 Å². The Balaban J connectivity index is 2.74. The second kappa shape index (κ2) is 3.69. The van der Waals surface area contributed by atoms with Crippen molar-refractivity contribution in [3.63, 3.8) is 0 Å². The first-order chi connectivity index (χ1) is 7.65. The molecule has 1 N–H and O–H groups in total. The number of hydrogen-bond donors (Lipinski definition) is 1. The molecule has 5 heteroatoms. The van der Waals surface area contributed by atoms with Crippen molar-refractivity contribution in [2.75, 3.05) is 7.11 Å². The highest BCUT2D eigenvalue weighted by Gasteiger charge is 2.14. The minimum Gasteiger partial charge on any atom is -0.493 e. The SMILES string of the molecule is C=Nc1cc(OC)c2oc(C(=O)O)cc2c1. The minimum atomic E-state index is -1.12. The lowest BCUT2D eigenvalue weighted by molar-refractivity contribution is 0.0665. The summed E-state index contributed by atoms with van der Waals surface area (Å²) >= 11 is 0. The fourth-order valence-electron chi connectivity index (χ4n) is 1.45. The van der Waals surface area contributed by atoms with E-state index in [1.54, 1.807) is 12.1 Å². The zero-order valence-corrected chi connectivity index (χ0v) is 8.56. The fourth-order valence-corrected chi connectivity index (χ4v) is 1.45. The van der Waals surface area contributed by atoms with E-state index in [9.17, 15) is 4.79 Å². The van der Waals surface area contributed by atoms with Gasteiger partial charge in [0.25, 0.3) is 0 Å². The summed E-state index contributed by atoms with van der Waals surface area (Å²) in [6.45, 7) is 3.40. The molecule has 0 atom stereocenters. The van der Waals surface area contributed by atoms with E-state index in [0.717, 1.165) is 0 Å². The molecule has 16 heavy (non-hydrogen) atoms. The van der Waals surface area contributed by atoms with Gasteiger partial charge in [-0.05, 0) is 18.9 Å². The summed E-state index contributed by atoms with van der Waals surface area (Å²) in [7, 11) is 1.48. The summed E-state index contributed by atoms with van der Waals surface area (Å²) in [5, 5.41) is 9.43. The summed E-state index contributed by atoms with van der Waals surface area (Å²) < 4.78 is 10.3. The smallest absolute Gasteiger partial charge is 0.371 e. The highest BCUT2D eigenvalue weighted by atomic mass is 16.5. The lowest BCUT2D eigenvalue weighted by Crippen LogP contribution is -1.91. The first-order valence-corrected chi connectivity index (χ1v) is 4.47. The Morgan fingerprint density at radius 2 is 2.25 bits per heavy atom. The number of nitrogens with zero attached hydrogens (tertiary/aromatic N) is 1. The van der Waals surface area contributed by atoms with Crippen LogP contribution < -0.4 is 4.74 Å². The normalized spacial score (nSPS) is 10.3. The van der Waals surface area contributed by atoms with Crippen molar-refractivity contribution in [2.24, 2.45) is 4.99 Å². The van der Waals surface area contributed by atoms with Crippen molar-refractivity contribution >= 4 is 29.3 Å². The van der Waals surface area contributed by atoms with Crippen LogP contribution in [-0.4, -0.2) is 24.9 Å². The van der Waals surface area contributed by atoms with Crippen LogP contribution in [-0.2, 0) is 0 Å². The molecule has 2 rings (SSSR count). The molecule has 0 aliphatic carbocycles. The van der Waals surface area contributed by atoms with E-state index in [1.807, 2.05) is 0 Å². The molecular weight excluding hydrogens is 210 g/mol. The summed E-state index contributed by atoms with van der Waals surface area (Å²) in [4.78, 5) is 14.5. The third kappa shape index (κ3) is 1.52. The lowest BCUT2D eigenvalue weighted by Gasteiger charge is -2.01. The molecular formula is C11H9NO4. The number of rotatable bonds is 3. The largest absolute Gasteiger partial charge is 0.493 e. The summed E-state index contributed by atoms with van der Waals surface area (Å²) in [6, 6.07) is 4.74. The first kappa shape index (κ1) is 10.2. The Hall–Kier alpha value is -2.30. The molecule has 0 bridgehead atoms. The van der Waals surface area contributed by atoms with E-state index in [2.05, 4.69) is 11.7 Å². The van der Waals surface area contributed by atoms with Crippen LogP contribution in [0.25, 0.3) is 11.0 Å². The Labute approximate surface area is 91.0 Å². The number of carboxylic acid groups (broad SMARTS) is 1. The lowest BCUT2D eigenvalue weighted by atomic mass is 10.2. The van der Waals surface area contributed by atoms with E-state index in [4.69, 9.17) is 14.3 Å². The van der Waals surface area contributed by atoms with Crippen LogP contribution in [0.2, 0.25) is 0 Å². The third-order valence-electron chi connectivity index (χ3n) is 2.18. The highest BCUT2D eigenvalue weighted by molar-refractivity contribution is 5.94. The van der Waals surface area contributed by atoms with Gasteiger partial charge in [0.15, 0.2) is 11.3 Å². The zero-order valence-electron chi connectivity index (χ0n) is 8.56. The molecule has 0 saturated heterocycles. The first-order valence-electron chi connectivity index (χ1n) is 4.47. The molecule has 0 amide bonds. The number of aliphatic imine (C=N–C) groups is 1. The Kier molecular flexibility index (Phi) is 2.36. The number of aromatic carboxylic acids is 1. The van der Waals surface area contributed by atoms with Gasteiger partial charge in [0, 0.05) is 11.5 Å². The molecule has 0 radical (unpaired) electrons. The maximum Gasteiger partial charge on any atom is 0.371 e. The molecule has 1 heterocycles. The van der Waals surface area contributed by atoms with E-state index in [1.165, 1.54) is 13.2 Å². The number of carbonyl (C=O) groups is 1. The predicted molar refractivity (Wildman–Crippen MR) is 58.9 cm³/mol. The average molecular weight is 219 g/mol. The number of benzene rings is 1. The summed E-state index contributed by atoms with van der Waals surface area (Å²) in [6.07, 6.45) is 0. The molecule has 82 valence electrons. The maximum atomic E-state index is 10.8. The number of hydrogen-bond acceptors (Lipinski definition) is 4. The number of carboxylic acids is 1. The number of ether oxygens (including phenoxy) is 1. The third-order valence-corrected chi connectivity index (χ3v) is 2.18. The van der Waals surface area contributed by atoms with Crippen LogP contribution in [0.15, 0.2) is 27.6 Å². The molecule has 0 aliphatic heterocycles. The van der Waals surface area contributed by atoms with Crippen molar-refractivity contribution in [2.45, 2.75) is 0 Å². The van der Waals surface area contributed by atoms with Crippen molar-refractivity contribution in [1.82, 2.24) is 0 Å². The summed E-state index contributed by atoms with van der Waals surface area (Å²) in [5.74, 6) is -0.812. The number of methoxy groups -OCH3 is 1. The number of fused-ring (bicyclic) bond motifs is 1. The van der Waals surface area contributed by atoms with Gasteiger partial charge in [-0.3, -0.25) is 4.99 Å². The van der Waals surface area contributed by atoms with Gasteiger partial charge < -0.3 is 14.3 Å². The highest BCUT2D eigenvalue weighted by Crippen LogP contribution is 2.33. The zero-order chi connectivity index (χ0) is 11.7. The molecule has 0 fully saturated rings. The van der Waals surface area contributed by atoms with Gasteiger partial charge in [-0.1, -0.05) is 0 Å². The molecule has 2 aromatic rings. The van der Waals surface area contributed by atoms with Crippen molar-refractivity contribution in [3.8, 4) is 5.75 Å². The van der Waals surface area contributed by atoms with Crippen molar-refractivity contribution in [3.05, 3.63) is 24.0 Å². The molecule has 1 aromatic carbocycles. The van der Waals surface area contributed by atoms with E-state index in [-0.39, 0.29) is 5.76 Å². The van der Waals surface area contributed by atoms with Gasteiger partial charge in [0.05, 0.1) is 12.8 Å². The van der Waals surface area contributed by atoms with Gasteiger partial charge >= 0.3 is 5.97 Å². The standard InChI is InChI=1S/C11H9NO4/c1-12-7-3-6-4-9(11(13)14)16-10(6)8(5-7)15-2/h3-5H,1H2,2H3,(H,13,14). The van der Waals surface area contributed by atoms with Crippen LogP contribution in [0.4, 0.5) is 5.69 Å². The second-order valence-corrected chi connectivity index (χ2v) is 3.14. The topological polar surface area (TPSA) is 72.0 Å². The molecule has 0 spiro atoms. The summed E-state index contributed by atoms with van der Waals surface area (Å²) in [5.41, 5.74) is 0.995. The van der Waals surface area contributed by atoms with Crippen molar-refractivity contribution in [1.29, 1.82) is 0 Å². The van der Waals surface area contributed by atoms with Gasteiger partial charge in [-0.25, -0.2) is 4.79 Å². The predicted octanol–water partition coefficient (Wildman–Crippen LogP) is 2.47. The van der Waals surface area contributed by atoms with Gasteiger partial charge in [0.1, 0.15) is 0 Å². The van der Waals surface area contributed by atoms with Gasteiger partial charge in [-0.2, -0.15) is 0 Å². The average Bonchev–Trinajstić information content (AvgIpc) is 2.71. The minimum absolute atomic E-state index is 0.130. The fraction of sp³-hybridized carbons (Fsp3) is 0.0909. The molecule has 0 unspecified atom stereocenters. The van der Waals surface area contributed by atoms with E-state index in [0.29, 0.717) is 22.4 Å². The van der Waals surface area contributed by atoms with Crippen LogP contribution >= 0.6 is 0 Å². The maximum absolute atomic E-state index is 10.8. The molecule has 0 aliphatic rings. The van der Waals surface area contributed by atoms with Crippen LogP contribution in [0, 0.1) is 0 Å². The molecule has 5 nitrogen and oxygen atoms in total. The van der Waals surface area contributed by atoms with E-state index >= 15 is 0 Å². The van der Waals surface area contributed by atoms with E-state index < -0.39 is 5.97 Å². The molecule has 0 saturated carbocycles. The van der Waals surface area contributed by atoms with Gasteiger partial charge in [0.2, 0.25) is 5.76 Å².